The predicted molar refractivity (Wildman–Crippen MR) is 85.0 cm³/mol. The molecule has 3 heteroatoms. The summed E-state index contributed by atoms with van der Waals surface area (Å²) in [7, 11) is 0. The molecule has 0 bridgehead atoms. The van der Waals surface area contributed by atoms with Gasteiger partial charge in [-0.25, -0.2) is 0 Å². The predicted octanol–water partition coefficient (Wildman–Crippen LogP) is 6.02. The van der Waals surface area contributed by atoms with E-state index in [1.807, 2.05) is 42.5 Å². The highest BCUT2D eigenvalue weighted by atomic mass is 35.5. The molecule has 1 nitrogen and oxygen atoms in total. The maximum atomic E-state index is 6.01. The molecule has 0 aliphatic heterocycles. The van der Waals surface area contributed by atoms with Crippen LogP contribution >= 0.6 is 23.2 Å². The molecule has 3 rings (SSSR count). The van der Waals surface area contributed by atoms with Crippen molar-refractivity contribution in [3.8, 4) is 11.5 Å². The van der Waals surface area contributed by atoms with Crippen molar-refractivity contribution in [2.45, 2.75) is 5.88 Å². The lowest BCUT2D eigenvalue weighted by molar-refractivity contribution is 0.479. The van der Waals surface area contributed by atoms with Crippen molar-refractivity contribution >= 4 is 34.0 Å². The van der Waals surface area contributed by atoms with E-state index in [4.69, 9.17) is 27.9 Å². The lowest BCUT2D eigenvalue weighted by Crippen LogP contribution is -1.89. The molecule has 3 aromatic rings. The molecule has 0 saturated heterocycles. The average molecular weight is 303 g/mol. The van der Waals surface area contributed by atoms with Gasteiger partial charge in [-0.3, -0.25) is 0 Å². The summed E-state index contributed by atoms with van der Waals surface area (Å²) in [6.07, 6.45) is 0. The van der Waals surface area contributed by atoms with Crippen LogP contribution in [0.2, 0.25) is 5.02 Å². The van der Waals surface area contributed by atoms with Crippen molar-refractivity contribution in [3.63, 3.8) is 0 Å². The molecule has 0 radical (unpaired) electrons. The third-order valence-electron chi connectivity index (χ3n) is 3.12. The van der Waals surface area contributed by atoms with Crippen molar-refractivity contribution in [2.75, 3.05) is 0 Å². The van der Waals surface area contributed by atoms with Crippen LogP contribution in [-0.4, -0.2) is 0 Å². The standard InChI is InChI=1S/C17H12Cl2O/c18-11-14-5-7-15(19)10-17(14)20-16-8-6-12-3-1-2-4-13(12)9-16/h1-10H,11H2. The topological polar surface area (TPSA) is 9.23 Å². The van der Waals surface area contributed by atoms with Gasteiger partial charge in [0.15, 0.2) is 0 Å². The zero-order valence-electron chi connectivity index (χ0n) is 10.6. The van der Waals surface area contributed by atoms with Crippen molar-refractivity contribution in [3.05, 3.63) is 71.2 Å². The summed E-state index contributed by atoms with van der Waals surface area (Å²) in [6.45, 7) is 0. The summed E-state index contributed by atoms with van der Waals surface area (Å²) in [6, 6.07) is 19.6. The molecule has 0 aliphatic rings. The van der Waals surface area contributed by atoms with E-state index >= 15 is 0 Å². The molecule has 100 valence electrons. The van der Waals surface area contributed by atoms with Gasteiger partial charge in [0.05, 0.1) is 5.88 Å². The fraction of sp³-hybridized carbons (Fsp3) is 0.0588. The molecule has 0 heterocycles. The maximum absolute atomic E-state index is 6.01. The van der Waals surface area contributed by atoms with Gasteiger partial charge in [0.2, 0.25) is 0 Å². The van der Waals surface area contributed by atoms with Gasteiger partial charge in [0.25, 0.3) is 0 Å². The van der Waals surface area contributed by atoms with E-state index in [2.05, 4.69) is 12.1 Å². The highest BCUT2D eigenvalue weighted by Gasteiger charge is 2.06. The van der Waals surface area contributed by atoms with Crippen molar-refractivity contribution in [1.82, 2.24) is 0 Å². The zero-order valence-corrected chi connectivity index (χ0v) is 12.2. The first-order valence-electron chi connectivity index (χ1n) is 6.27. The summed E-state index contributed by atoms with van der Waals surface area (Å²) in [5, 5.41) is 2.96. The van der Waals surface area contributed by atoms with Crippen molar-refractivity contribution < 1.29 is 4.74 Å². The Kier molecular flexibility index (Phi) is 3.81. The van der Waals surface area contributed by atoms with E-state index in [1.165, 1.54) is 5.39 Å². The van der Waals surface area contributed by atoms with Gasteiger partial charge >= 0.3 is 0 Å². The Balaban J connectivity index is 1.98. The number of alkyl halides is 1. The van der Waals surface area contributed by atoms with Crippen LogP contribution in [0.1, 0.15) is 5.56 Å². The van der Waals surface area contributed by atoms with Crippen LogP contribution in [0.15, 0.2) is 60.7 Å². The smallest absolute Gasteiger partial charge is 0.133 e. The van der Waals surface area contributed by atoms with Gasteiger partial charge in [-0.1, -0.05) is 48.0 Å². The first-order valence-corrected chi connectivity index (χ1v) is 7.18. The second-order valence-corrected chi connectivity index (χ2v) is 5.20. The second kappa shape index (κ2) is 5.74. The fourth-order valence-corrected chi connectivity index (χ4v) is 2.47. The minimum Gasteiger partial charge on any atom is -0.457 e. The number of hydrogen-bond acceptors (Lipinski definition) is 1. The Labute approximate surface area is 127 Å². The van der Waals surface area contributed by atoms with Gasteiger partial charge < -0.3 is 4.74 Å². The number of halogens is 2. The van der Waals surface area contributed by atoms with Gasteiger partial charge in [-0.2, -0.15) is 0 Å². The minimum atomic E-state index is 0.389. The van der Waals surface area contributed by atoms with E-state index < -0.39 is 0 Å². The lowest BCUT2D eigenvalue weighted by atomic mass is 10.1. The van der Waals surface area contributed by atoms with Gasteiger partial charge in [-0.15, -0.1) is 11.6 Å². The highest BCUT2D eigenvalue weighted by molar-refractivity contribution is 6.30. The summed E-state index contributed by atoms with van der Waals surface area (Å²) >= 11 is 11.9. The monoisotopic (exact) mass is 302 g/mol. The normalized spacial score (nSPS) is 10.7. The zero-order chi connectivity index (χ0) is 13.9. The van der Waals surface area contributed by atoms with Crippen LogP contribution in [0.4, 0.5) is 0 Å². The van der Waals surface area contributed by atoms with Crippen molar-refractivity contribution in [1.29, 1.82) is 0 Å². The molecule has 20 heavy (non-hydrogen) atoms. The third-order valence-corrected chi connectivity index (χ3v) is 3.64. The average Bonchev–Trinajstić information content (AvgIpc) is 2.47. The highest BCUT2D eigenvalue weighted by Crippen LogP contribution is 2.31. The number of benzene rings is 3. The molecule has 0 saturated carbocycles. The molecular formula is C17H12Cl2O. The molecule has 0 N–H and O–H groups in total. The maximum Gasteiger partial charge on any atom is 0.133 e. The van der Waals surface area contributed by atoms with Crippen LogP contribution in [0.5, 0.6) is 11.5 Å². The molecule has 0 amide bonds. The second-order valence-electron chi connectivity index (χ2n) is 4.50. The summed E-state index contributed by atoms with van der Waals surface area (Å²) in [4.78, 5) is 0. The Bertz CT molecular complexity index is 753. The summed E-state index contributed by atoms with van der Waals surface area (Å²) < 4.78 is 5.92. The van der Waals surface area contributed by atoms with Gasteiger partial charge in [-0.05, 0) is 35.0 Å². The minimum absolute atomic E-state index is 0.389. The summed E-state index contributed by atoms with van der Waals surface area (Å²) in [5.74, 6) is 1.86. The molecule has 0 aliphatic carbocycles. The van der Waals surface area contributed by atoms with Gasteiger partial charge in [0, 0.05) is 10.6 Å². The number of rotatable bonds is 3. The largest absolute Gasteiger partial charge is 0.457 e. The number of fused-ring (bicyclic) bond motifs is 1. The van der Waals surface area contributed by atoms with Crippen LogP contribution in [0.25, 0.3) is 10.8 Å². The van der Waals surface area contributed by atoms with E-state index in [1.54, 1.807) is 6.07 Å². The number of hydrogen-bond donors (Lipinski definition) is 0. The van der Waals surface area contributed by atoms with Crippen molar-refractivity contribution in [2.24, 2.45) is 0 Å². The van der Waals surface area contributed by atoms with E-state index in [-0.39, 0.29) is 0 Å². The molecule has 3 aromatic carbocycles. The Hall–Kier alpha value is -1.70. The van der Waals surface area contributed by atoms with Gasteiger partial charge in [0.1, 0.15) is 11.5 Å². The van der Waals surface area contributed by atoms with Crippen LogP contribution in [-0.2, 0) is 5.88 Å². The van der Waals surface area contributed by atoms with E-state index in [0.717, 1.165) is 16.7 Å². The number of ether oxygens (including phenoxy) is 1. The molecule has 0 spiro atoms. The van der Waals surface area contributed by atoms with Crippen LogP contribution < -0.4 is 4.74 Å². The van der Waals surface area contributed by atoms with E-state index in [0.29, 0.717) is 16.7 Å². The molecule has 0 atom stereocenters. The van der Waals surface area contributed by atoms with Crippen LogP contribution in [0.3, 0.4) is 0 Å². The molecule has 0 fully saturated rings. The third kappa shape index (κ3) is 2.74. The SMILES string of the molecule is ClCc1ccc(Cl)cc1Oc1ccc2ccccc2c1. The molecular weight excluding hydrogens is 291 g/mol. The Morgan fingerprint density at radius 3 is 2.45 bits per heavy atom. The van der Waals surface area contributed by atoms with Crippen LogP contribution in [0, 0.1) is 0 Å². The lowest BCUT2D eigenvalue weighted by Gasteiger charge is -2.10. The summed E-state index contributed by atoms with van der Waals surface area (Å²) in [5.41, 5.74) is 0.921. The Morgan fingerprint density at radius 1 is 0.850 bits per heavy atom. The Morgan fingerprint density at radius 2 is 1.65 bits per heavy atom. The first-order chi connectivity index (χ1) is 9.76. The first kappa shape index (κ1) is 13.3. The molecule has 0 aromatic heterocycles. The molecule has 0 unspecified atom stereocenters. The van der Waals surface area contributed by atoms with E-state index in [9.17, 15) is 0 Å². The quantitative estimate of drug-likeness (QED) is 0.537. The fourth-order valence-electron chi connectivity index (χ4n) is 2.09.